The molecule has 1 atom stereocenters. The highest BCUT2D eigenvalue weighted by Gasteiger charge is 2.19. The lowest BCUT2D eigenvalue weighted by atomic mass is 10.0. The van der Waals surface area contributed by atoms with E-state index in [2.05, 4.69) is 4.98 Å². The maximum absolute atomic E-state index is 13.3. The van der Waals surface area contributed by atoms with E-state index in [1.165, 1.54) is 12.1 Å². The Morgan fingerprint density at radius 2 is 1.68 bits per heavy atom. The zero-order valence-corrected chi connectivity index (χ0v) is 13.6. The first-order chi connectivity index (χ1) is 12.1. The molecule has 0 saturated heterocycles. The molecule has 0 saturated carbocycles. The van der Waals surface area contributed by atoms with Crippen molar-refractivity contribution in [1.29, 1.82) is 0 Å². The first kappa shape index (κ1) is 15.5. The van der Waals surface area contributed by atoms with Crippen molar-refractivity contribution >= 4 is 5.52 Å². The van der Waals surface area contributed by atoms with Crippen molar-refractivity contribution in [3.05, 3.63) is 78.5 Å². The second kappa shape index (κ2) is 6.11. The monoisotopic (exact) mass is 333 g/mol. The topological polar surface area (TPSA) is 50.4 Å². The molecular weight excluding hydrogens is 317 g/mol. The number of halogens is 1. The van der Waals surface area contributed by atoms with Crippen molar-refractivity contribution in [3.8, 4) is 22.4 Å². The van der Waals surface area contributed by atoms with E-state index in [9.17, 15) is 9.50 Å². The van der Waals surface area contributed by atoms with Crippen molar-refractivity contribution in [2.45, 2.75) is 13.0 Å². The Morgan fingerprint density at radius 1 is 0.960 bits per heavy atom. The van der Waals surface area contributed by atoms with Crippen LogP contribution in [0.25, 0.3) is 27.9 Å². The van der Waals surface area contributed by atoms with Gasteiger partial charge in [0.2, 0.25) is 0 Å². The molecule has 0 spiro atoms. The van der Waals surface area contributed by atoms with Gasteiger partial charge < -0.3 is 5.11 Å². The summed E-state index contributed by atoms with van der Waals surface area (Å²) in [6.45, 7) is 1.71. The van der Waals surface area contributed by atoms with Crippen molar-refractivity contribution in [2.24, 2.45) is 0 Å². The molecule has 4 nitrogen and oxygen atoms in total. The Labute approximate surface area is 144 Å². The van der Waals surface area contributed by atoms with Crippen LogP contribution in [0.5, 0.6) is 0 Å². The number of aliphatic hydroxyl groups excluding tert-OH is 1. The molecule has 0 radical (unpaired) electrons. The predicted molar refractivity (Wildman–Crippen MR) is 94.5 cm³/mol. The number of hydrogen-bond acceptors (Lipinski definition) is 3. The minimum absolute atomic E-state index is 0.289. The van der Waals surface area contributed by atoms with Crippen molar-refractivity contribution in [2.75, 3.05) is 0 Å². The minimum Gasteiger partial charge on any atom is -0.387 e. The lowest BCUT2D eigenvalue weighted by Gasteiger charge is -2.07. The summed E-state index contributed by atoms with van der Waals surface area (Å²) in [5.41, 5.74) is 5.02. The SMILES string of the molecule is CC(O)c1cccc2c(-c3ccncc3)c(-c3ccc(F)cc3)nn12. The highest BCUT2D eigenvalue weighted by atomic mass is 19.1. The van der Waals surface area contributed by atoms with Crippen LogP contribution in [0.1, 0.15) is 18.7 Å². The summed E-state index contributed by atoms with van der Waals surface area (Å²) in [5, 5.41) is 14.8. The first-order valence-corrected chi connectivity index (χ1v) is 8.01. The van der Waals surface area contributed by atoms with Crippen LogP contribution in [0.3, 0.4) is 0 Å². The van der Waals surface area contributed by atoms with Gasteiger partial charge in [0.05, 0.1) is 17.3 Å². The van der Waals surface area contributed by atoms with Crippen LogP contribution in [-0.4, -0.2) is 19.7 Å². The summed E-state index contributed by atoms with van der Waals surface area (Å²) in [4.78, 5) is 4.08. The van der Waals surface area contributed by atoms with E-state index in [0.717, 1.165) is 27.9 Å². The molecule has 0 aliphatic carbocycles. The lowest BCUT2D eigenvalue weighted by molar-refractivity contribution is 0.191. The van der Waals surface area contributed by atoms with Crippen LogP contribution >= 0.6 is 0 Å². The third-order valence-corrected chi connectivity index (χ3v) is 4.20. The molecule has 4 aromatic rings. The van der Waals surface area contributed by atoms with E-state index in [0.29, 0.717) is 5.69 Å². The zero-order chi connectivity index (χ0) is 17.4. The molecule has 3 heterocycles. The number of benzene rings is 1. The molecule has 25 heavy (non-hydrogen) atoms. The summed E-state index contributed by atoms with van der Waals surface area (Å²) in [5.74, 6) is -0.289. The maximum Gasteiger partial charge on any atom is 0.123 e. The Morgan fingerprint density at radius 3 is 2.36 bits per heavy atom. The predicted octanol–water partition coefficient (Wildman–Crippen LogP) is 4.26. The fraction of sp³-hybridized carbons (Fsp3) is 0.100. The van der Waals surface area contributed by atoms with Gasteiger partial charge in [-0.05, 0) is 61.0 Å². The molecule has 0 aliphatic rings. The van der Waals surface area contributed by atoms with E-state index < -0.39 is 6.10 Å². The molecule has 1 aromatic carbocycles. The first-order valence-electron chi connectivity index (χ1n) is 8.01. The second-order valence-electron chi connectivity index (χ2n) is 5.89. The van der Waals surface area contributed by atoms with E-state index in [4.69, 9.17) is 5.10 Å². The average molecular weight is 333 g/mol. The molecule has 1 unspecified atom stereocenters. The van der Waals surface area contributed by atoms with Crippen LogP contribution in [0, 0.1) is 5.82 Å². The normalized spacial score (nSPS) is 12.4. The molecule has 0 amide bonds. The highest BCUT2D eigenvalue weighted by Crippen LogP contribution is 2.36. The van der Waals surface area contributed by atoms with Gasteiger partial charge in [0.25, 0.3) is 0 Å². The van der Waals surface area contributed by atoms with E-state index in [1.54, 1.807) is 36.0 Å². The van der Waals surface area contributed by atoms with Crippen LogP contribution in [-0.2, 0) is 0 Å². The van der Waals surface area contributed by atoms with Crippen LogP contribution in [0.4, 0.5) is 4.39 Å². The van der Waals surface area contributed by atoms with Gasteiger partial charge in [-0.15, -0.1) is 0 Å². The van der Waals surface area contributed by atoms with Gasteiger partial charge in [-0.3, -0.25) is 4.98 Å². The molecular formula is C20H16FN3O. The van der Waals surface area contributed by atoms with Gasteiger partial charge >= 0.3 is 0 Å². The third-order valence-electron chi connectivity index (χ3n) is 4.20. The fourth-order valence-corrected chi connectivity index (χ4v) is 3.02. The van der Waals surface area contributed by atoms with E-state index in [1.807, 2.05) is 30.3 Å². The molecule has 0 fully saturated rings. The number of hydrogen-bond donors (Lipinski definition) is 1. The Kier molecular flexibility index (Phi) is 3.78. The van der Waals surface area contributed by atoms with Crippen molar-refractivity contribution in [3.63, 3.8) is 0 Å². The lowest BCUT2D eigenvalue weighted by Crippen LogP contribution is -2.02. The molecule has 124 valence electrons. The largest absolute Gasteiger partial charge is 0.387 e. The molecule has 0 bridgehead atoms. The molecule has 3 aromatic heterocycles. The molecule has 5 heteroatoms. The van der Waals surface area contributed by atoms with Gasteiger partial charge in [0.15, 0.2) is 0 Å². The Bertz CT molecular complexity index is 1020. The summed E-state index contributed by atoms with van der Waals surface area (Å²) in [6.07, 6.45) is 2.80. The Hall–Kier alpha value is -3.05. The summed E-state index contributed by atoms with van der Waals surface area (Å²) in [6, 6.07) is 15.8. The minimum atomic E-state index is -0.657. The highest BCUT2D eigenvalue weighted by molar-refractivity contribution is 5.92. The number of pyridine rings is 2. The van der Waals surface area contributed by atoms with Crippen LogP contribution in [0.15, 0.2) is 67.0 Å². The number of nitrogens with zero attached hydrogens (tertiary/aromatic N) is 3. The van der Waals surface area contributed by atoms with Gasteiger partial charge in [-0.25, -0.2) is 8.91 Å². The second-order valence-corrected chi connectivity index (χ2v) is 5.89. The van der Waals surface area contributed by atoms with Crippen molar-refractivity contribution < 1.29 is 9.50 Å². The van der Waals surface area contributed by atoms with Gasteiger partial charge in [-0.2, -0.15) is 5.10 Å². The summed E-state index contributed by atoms with van der Waals surface area (Å²) >= 11 is 0. The molecule has 1 N–H and O–H groups in total. The molecule has 0 aliphatic heterocycles. The van der Waals surface area contributed by atoms with Gasteiger partial charge in [0.1, 0.15) is 11.5 Å². The number of aromatic nitrogens is 3. The standard InChI is InChI=1S/C20H16FN3O/c1-13(25)17-3-2-4-18-19(14-9-11-22-12-10-14)20(23-24(17)18)15-5-7-16(21)8-6-15/h2-13,25H,1H3. The Balaban J connectivity index is 2.07. The summed E-state index contributed by atoms with van der Waals surface area (Å²) < 4.78 is 15.1. The number of aliphatic hydroxyl groups is 1. The van der Waals surface area contributed by atoms with Crippen LogP contribution < -0.4 is 0 Å². The van der Waals surface area contributed by atoms with E-state index in [-0.39, 0.29) is 5.82 Å². The molecule has 4 rings (SSSR count). The van der Waals surface area contributed by atoms with Crippen molar-refractivity contribution in [1.82, 2.24) is 14.6 Å². The third kappa shape index (κ3) is 2.68. The average Bonchev–Trinajstić information content (AvgIpc) is 3.02. The van der Waals surface area contributed by atoms with Gasteiger partial charge in [-0.1, -0.05) is 6.07 Å². The fourth-order valence-electron chi connectivity index (χ4n) is 3.02. The smallest absolute Gasteiger partial charge is 0.123 e. The quantitative estimate of drug-likeness (QED) is 0.609. The zero-order valence-electron chi connectivity index (χ0n) is 13.6. The number of rotatable bonds is 3. The van der Waals surface area contributed by atoms with Crippen LogP contribution in [0.2, 0.25) is 0 Å². The summed E-state index contributed by atoms with van der Waals surface area (Å²) in [7, 11) is 0. The van der Waals surface area contributed by atoms with E-state index >= 15 is 0 Å². The van der Waals surface area contributed by atoms with Gasteiger partial charge in [0, 0.05) is 23.5 Å². The number of fused-ring (bicyclic) bond motifs is 1. The maximum atomic E-state index is 13.3.